The van der Waals surface area contributed by atoms with Crippen LogP contribution in [0, 0.1) is 0 Å². The topological polar surface area (TPSA) is 72.5 Å². The number of alkyl carbamates (subject to hydrolysis) is 1. The molecule has 122 valence electrons. The Morgan fingerprint density at radius 1 is 1.32 bits per heavy atom. The smallest absolute Gasteiger partial charge is 0.407 e. The van der Waals surface area contributed by atoms with E-state index in [4.69, 9.17) is 9.47 Å². The molecule has 0 atom stereocenters. The summed E-state index contributed by atoms with van der Waals surface area (Å²) in [5.41, 5.74) is 0.503. The molecule has 1 aromatic heterocycles. The molecule has 0 spiro atoms. The minimum atomic E-state index is -0.459. The molecule has 1 amide bonds. The van der Waals surface area contributed by atoms with Crippen LogP contribution in [0.15, 0.2) is 18.3 Å². The summed E-state index contributed by atoms with van der Waals surface area (Å²) in [5, 5.41) is 6.27. The Labute approximate surface area is 131 Å². The van der Waals surface area contributed by atoms with Crippen molar-refractivity contribution in [3.8, 4) is 5.88 Å². The molecule has 1 aliphatic carbocycles. The number of anilines is 1. The normalized spacial score (nSPS) is 20.7. The summed E-state index contributed by atoms with van der Waals surface area (Å²) in [6, 6.07) is 4.32. The number of carbonyl (C=O) groups is 1. The van der Waals surface area contributed by atoms with Crippen LogP contribution < -0.4 is 15.4 Å². The van der Waals surface area contributed by atoms with Gasteiger partial charge < -0.3 is 20.1 Å². The lowest BCUT2D eigenvalue weighted by Crippen LogP contribution is -2.50. The lowest BCUT2D eigenvalue weighted by Gasteiger charge is -2.37. The number of nitrogens with zero attached hydrogens (tertiary/aromatic N) is 1. The van der Waals surface area contributed by atoms with E-state index in [0.29, 0.717) is 18.5 Å². The van der Waals surface area contributed by atoms with Crippen LogP contribution in [0.2, 0.25) is 0 Å². The Balaban J connectivity index is 1.70. The Bertz CT molecular complexity index is 490. The third kappa shape index (κ3) is 5.09. The quantitative estimate of drug-likeness (QED) is 0.875. The highest BCUT2D eigenvalue weighted by molar-refractivity contribution is 5.68. The van der Waals surface area contributed by atoms with Crippen molar-refractivity contribution >= 4 is 11.8 Å². The highest BCUT2D eigenvalue weighted by Gasteiger charge is 2.31. The van der Waals surface area contributed by atoms with E-state index in [-0.39, 0.29) is 12.1 Å². The summed E-state index contributed by atoms with van der Waals surface area (Å²) < 4.78 is 10.5. The van der Waals surface area contributed by atoms with E-state index >= 15 is 0 Å². The zero-order valence-corrected chi connectivity index (χ0v) is 13.7. The summed E-state index contributed by atoms with van der Waals surface area (Å²) in [7, 11) is 0. The van der Waals surface area contributed by atoms with E-state index in [2.05, 4.69) is 15.6 Å². The van der Waals surface area contributed by atoms with Crippen molar-refractivity contribution in [2.24, 2.45) is 0 Å². The minimum Gasteiger partial charge on any atom is -0.478 e. The molecular weight excluding hydrogens is 282 g/mol. The Morgan fingerprint density at radius 2 is 2.05 bits per heavy atom. The summed E-state index contributed by atoms with van der Waals surface area (Å²) in [6.07, 6.45) is 3.18. The lowest BCUT2D eigenvalue weighted by atomic mass is 9.87. The molecule has 1 heterocycles. The van der Waals surface area contributed by atoms with E-state index in [1.807, 2.05) is 39.8 Å². The van der Waals surface area contributed by atoms with Crippen molar-refractivity contribution in [2.45, 2.75) is 58.2 Å². The fraction of sp³-hybridized carbons (Fsp3) is 0.625. The molecule has 22 heavy (non-hydrogen) atoms. The van der Waals surface area contributed by atoms with Gasteiger partial charge in [0.25, 0.3) is 0 Å². The Kier molecular flexibility index (Phi) is 5.11. The molecule has 0 saturated heterocycles. The first-order valence-corrected chi connectivity index (χ1v) is 7.70. The molecule has 0 unspecified atom stereocenters. The second kappa shape index (κ2) is 6.85. The van der Waals surface area contributed by atoms with Gasteiger partial charge in [0.05, 0.1) is 18.5 Å². The van der Waals surface area contributed by atoms with E-state index in [0.717, 1.165) is 18.5 Å². The molecule has 1 aromatic rings. The Morgan fingerprint density at radius 3 is 2.59 bits per heavy atom. The first kappa shape index (κ1) is 16.4. The number of amides is 1. The van der Waals surface area contributed by atoms with Crippen LogP contribution in [-0.2, 0) is 4.74 Å². The van der Waals surface area contributed by atoms with E-state index < -0.39 is 5.60 Å². The number of ether oxygens (including phenoxy) is 2. The van der Waals surface area contributed by atoms with Gasteiger partial charge in [-0.05, 0) is 46.6 Å². The van der Waals surface area contributed by atoms with E-state index in [1.165, 1.54) is 0 Å². The van der Waals surface area contributed by atoms with Gasteiger partial charge in [-0.15, -0.1) is 0 Å². The highest BCUT2D eigenvalue weighted by atomic mass is 16.6. The average molecular weight is 307 g/mol. The van der Waals surface area contributed by atoms with Gasteiger partial charge in [0.2, 0.25) is 5.88 Å². The predicted molar refractivity (Wildman–Crippen MR) is 85.2 cm³/mol. The molecule has 1 saturated carbocycles. The summed E-state index contributed by atoms with van der Waals surface area (Å²) in [5.74, 6) is 0.631. The molecule has 0 bridgehead atoms. The first-order chi connectivity index (χ1) is 10.4. The van der Waals surface area contributed by atoms with Gasteiger partial charge in [0.1, 0.15) is 5.60 Å². The molecule has 0 radical (unpaired) electrons. The SMILES string of the molecule is CCOc1ccc(NC2CC(NC(=O)OC(C)(C)C)C2)cn1. The van der Waals surface area contributed by atoms with Gasteiger partial charge in [-0.25, -0.2) is 9.78 Å². The van der Waals surface area contributed by atoms with Crippen LogP contribution in [0.25, 0.3) is 0 Å². The van der Waals surface area contributed by atoms with Crippen LogP contribution in [0.3, 0.4) is 0 Å². The van der Waals surface area contributed by atoms with Crippen LogP contribution in [0.1, 0.15) is 40.5 Å². The van der Waals surface area contributed by atoms with Crippen molar-refractivity contribution < 1.29 is 14.3 Å². The van der Waals surface area contributed by atoms with E-state index in [9.17, 15) is 4.79 Å². The molecule has 6 nitrogen and oxygen atoms in total. The zero-order chi connectivity index (χ0) is 16.2. The van der Waals surface area contributed by atoms with Gasteiger partial charge in [-0.3, -0.25) is 0 Å². The number of hydrogen-bond donors (Lipinski definition) is 2. The van der Waals surface area contributed by atoms with Crippen LogP contribution in [0.5, 0.6) is 5.88 Å². The van der Waals surface area contributed by atoms with Gasteiger partial charge in [0.15, 0.2) is 0 Å². The molecule has 1 fully saturated rings. The largest absolute Gasteiger partial charge is 0.478 e. The lowest BCUT2D eigenvalue weighted by molar-refractivity contribution is 0.0475. The van der Waals surface area contributed by atoms with Crippen molar-refractivity contribution in [2.75, 3.05) is 11.9 Å². The number of pyridine rings is 1. The van der Waals surface area contributed by atoms with Crippen LogP contribution >= 0.6 is 0 Å². The van der Waals surface area contributed by atoms with Crippen molar-refractivity contribution in [3.63, 3.8) is 0 Å². The second-order valence-electron chi connectivity index (χ2n) is 6.47. The predicted octanol–water partition coefficient (Wildman–Crippen LogP) is 2.95. The van der Waals surface area contributed by atoms with Gasteiger partial charge in [0, 0.05) is 18.2 Å². The summed E-state index contributed by atoms with van der Waals surface area (Å²) in [4.78, 5) is 15.9. The molecule has 0 aliphatic heterocycles. The average Bonchev–Trinajstić information content (AvgIpc) is 2.36. The third-order valence-electron chi connectivity index (χ3n) is 3.26. The van der Waals surface area contributed by atoms with Gasteiger partial charge in [-0.1, -0.05) is 0 Å². The van der Waals surface area contributed by atoms with Crippen molar-refractivity contribution in [1.82, 2.24) is 10.3 Å². The first-order valence-electron chi connectivity index (χ1n) is 7.70. The maximum absolute atomic E-state index is 11.6. The molecular formula is C16H25N3O3. The number of carbonyl (C=O) groups excluding carboxylic acids is 1. The molecule has 0 aromatic carbocycles. The minimum absolute atomic E-state index is 0.169. The maximum atomic E-state index is 11.6. The maximum Gasteiger partial charge on any atom is 0.407 e. The summed E-state index contributed by atoms with van der Waals surface area (Å²) in [6.45, 7) is 8.12. The highest BCUT2D eigenvalue weighted by Crippen LogP contribution is 2.25. The van der Waals surface area contributed by atoms with Crippen molar-refractivity contribution in [1.29, 1.82) is 0 Å². The summed E-state index contributed by atoms with van der Waals surface area (Å²) >= 11 is 0. The molecule has 6 heteroatoms. The number of aromatic nitrogens is 1. The van der Waals surface area contributed by atoms with Crippen LogP contribution in [0.4, 0.5) is 10.5 Å². The number of rotatable bonds is 5. The standard InChI is InChI=1S/C16H25N3O3/c1-5-21-14-7-6-11(10-17-14)18-12-8-13(9-12)19-15(20)22-16(2,3)4/h6-7,10,12-13,18H,5,8-9H2,1-4H3,(H,19,20). The molecule has 1 aliphatic rings. The molecule has 2 rings (SSSR count). The van der Waals surface area contributed by atoms with Crippen LogP contribution in [-0.4, -0.2) is 35.4 Å². The molecule has 2 N–H and O–H groups in total. The number of hydrogen-bond acceptors (Lipinski definition) is 5. The zero-order valence-electron chi connectivity index (χ0n) is 13.7. The third-order valence-corrected chi connectivity index (χ3v) is 3.26. The van der Waals surface area contributed by atoms with Crippen molar-refractivity contribution in [3.05, 3.63) is 18.3 Å². The fourth-order valence-corrected chi connectivity index (χ4v) is 2.26. The van der Waals surface area contributed by atoms with E-state index in [1.54, 1.807) is 6.20 Å². The number of nitrogens with one attached hydrogen (secondary N) is 2. The Hall–Kier alpha value is -1.98. The van der Waals surface area contributed by atoms with Gasteiger partial charge in [-0.2, -0.15) is 0 Å². The fourth-order valence-electron chi connectivity index (χ4n) is 2.26. The second-order valence-corrected chi connectivity index (χ2v) is 6.47. The van der Waals surface area contributed by atoms with Gasteiger partial charge >= 0.3 is 6.09 Å². The monoisotopic (exact) mass is 307 g/mol.